The Morgan fingerprint density at radius 2 is 1.61 bits per heavy atom. The van der Waals surface area contributed by atoms with Crippen LogP contribution in [0.5, 0.6) is 0 Å². The summed E-state index contributed by atoms with van der Waals surface area (Å²) in [4.78, 5) is 0. The summed E-state index contributed by atoms with van der Waals surface area (Å²) in [7, 11) is 1.86. The quantitative estimate of drug-likeness (QED) is 0.863. The van der Waals surface area contributed by atoms with E-state index in [4.69, 9.17) is 0 Å². The molecular formula is C16H18FN. The molecule has 1 nitrogen and oxygen atoms in total. The van der Waals surface area contributed by atoms with Crippen LogP contribution in [0.2, 0.25) is 0 Å². The molecule has 1 atom stereocenters. The van der Waals surface area contributed by atoms with Gasteiger partial charge in [0.05, 0.1) is 6.04 Å². The molecule has 1 N–H and O–H groups in total. The van der Waals surface area contributed by atoms with E-state index in [0.29, 0.717) is 5.56 Å². The van der Waals surface area contributed by atoms with Crippen molar-refractivity contribution in [2.45, 2.75) is 19.4 Å². The molecule has 94 valence electrons. The van der Waals surface area contributed by atoms with Gasteiger partial charge in [-0.25, -0.2) is 4.39 Å². The molecule has 0 aliphatic heterocycles. The summed E-state index contributed by atoms with van der Waals surface area (Å²) >= 11 is 0. The molecular weight excluding hydrogens is 225 g/mol. The number of hydrogen-bond acceptors (Lipinski definition) is 1. The second kappa shape index (κ2) is 5.78. The van der Waals surface area contributed by atoms with Gasteiger partial charge in [0.1, 0.15) is 5.82 Å². The topological polar surface area (TPSA) is 12.0 Å². The molecule has 0 heterocycles. The Labute approximate surface area is 108 Å². The normalized spacial score (nSPS) is 12.4. The third-order valence-electron chi connectivity index (χ3n) is 3.25. The molecule has 18 heavy (non-hydrogen) atoms. The summed E-state index contributed by atoms with van der Waals surface area (Å²) in [6, 6.07) is 15.0. The molecule has 0 spiro atoms. The minimum atomic E-state index is -0.164. The number of halogens is 1. The molecule has 2 heteroatoms. The van der Waals surface area contributed by atoms with Crippen molar-refractivity contribution >= 4 is 0 Å². The number of hydrogen-bond donors (Lipinski definition) is 1. The third-order valence-corrected chi connectivity index (χ3v) is 3.25. The number of nitrogens with one attached hydrogen (secondary N) is 1. The summed E-state index contributed by atoms with van der Waals surface area (Å²) in [5, 5.41) is 3.21. The average Bonchev–Trinajstić information content (AvgIpc) is 2.42. The van der Waals surface area contributed by atoms with Gasteiger partial charge < -0.3 is 5.32 Å². The van der Waals surface area contributed by atoms with Crippen LogP contribution in [-0.4, -0.2) is 7.05 Å². The molecule has 2 aromatic carbocycles. The summed E-state index contributed by atoms with van der Waals surface area (Å²) in [6.45, 7) is 2.12. The Morgan fingerprint density at radius 3 is 2.22 bits per heavy atom. The second-order valence-electron chi connectivity index (χ2n) is 4.30. The van der Waals surface area contributed by atoms with Gasteiger partial charge in [0.15, 0.2) is 0 Å². The van der Waals surface area contributed by atoms with Gasteiger partial charge in [-0.2, -0.15) is 0 Å². The predicted molar refractivity (Wildman–Crippen MR) is 73.1 cm³/mol. The smallest absolute Gasteiger partial charge is 0.128 e. The van der Waals surface area contributed by atoms with Crippen LogP contribution >= 0.6 is 0 Å². The fourth-order valence-corrected chi connectivity index (χ4v) is 2.33. The number of benzene rings is 2. The van der Waals surface area contributed by atoms with Gasteiger partial charge in [-0.1, -0.05) is 49.4 Å². The maximum atomic E-state index is 13.9. The lowest BCUT2D eigenvalue weighted by Gasteiger charge is -2.20. The standard InChI is InChI=1S/C16H18FN/c1-3-12-8-4-5-9-13(12)16(18-2)14-10-6-7-11-15(14)17/h4-11,16,18H,3H2,1-2H3. The van der Waals surface area contributed by atoms with Gasteiger partial charge in [0.25, 0.3) is 0 Å². The first kappa shape index (κ1) is 12.8. The van der Waals surface area contributed by atoms with Crippen molar-refractivity contribution in [2.75, 3.05) is 7.05 Å². The van der Waals surface area contributed by atoms with Crippen LogP contribution in [0.3, 0.4) is 0 Å². The van der Waals surface area contributed by atoms with Gasteiger partial charge in [-0.05, 0) is 30.7 Å². The maximum Gasteiger partial charge on any atom is 0.128 e. The number of rotatable bonds is 4. The Hall–Kier alpha value is -1.67. The van der Waals surface area contributed by atoms with Crippen molar-refractivity contribution < 1.29 is 4.39 Å². The predicted octanol–water partition coefficient (Wildman–Crippen LogP) is 3.70. The monoisotopic (exact) mass is 243 g/mol. The molecule has 0 fully saturated rings. The molecule has 0 amide bonds. The van der Waals surface area contributed by atoms with Crippen LogP contribution in [0.15, 0.2) is 48.5 Å². The van der Waals surface area contributed by atoms with E-state index in [1.807, 2.05) is 31.3 Å². The first-order chi connectivity index (χ1) is 8.77. The zero-order valence-corrected chi connectivity index (χ0v) is 10.8. The summed E-state index contributed by atoms with van der Waals surface area (Å²) in [5.41, 5.74) is 3.09. The Kier molecular flexibility index (Phi) is 4.11. The largest absolute Gasteiger partial charge is 0.309 e. The molecule has 2 rings (SSSR count). The van der Waals surface area contributed by atoms with Crippen LogP contribution < -0.4 is 5.32 Å². The SMILES string of the molecule is CCc1ccccc1C(NC)c1ccccc1F. The van der Waals surface area contributed by atoms with Gasteiger partial charge >= 0.3 is 0 Å². The van der Waals surface area contributed by atoms with Crippen molar-refractivity contribution in [3.05, 3.63) is 71.0 Å². The molecule has 0 bridgehead atoms. The van der Waals surface area contributed by atoms with Gasteiger partial charge in [0.2, 0.25) is 0 Å². The molecule has 2 aromatic rings. The van der Waals surface area contributed by atoms with E-state index in [1.165, 1.54) is 11.6 Å². The highest BCUT2D eigenvalue weighted by Gasteiger charge is 2.17. The van der Waals surface area contributed by atoms with Crippen LogP contribution in [0, 0.1) is 5.82 Å². The van der Waals surface area contributed by atoms with E-state index in [1.54, 1.807) is 6.07 Å². The average molecular weight is 243 g/mol. The van der Waals surface area contributed by atoms with E-state index >= 15 is 0 Å². The zero-order chi connectivity index (χ0) is 13.0. The third kappa shape index (κ3) is 2.44. The van der Waals surface area contributed by atoms with Gasteiger partial charge in [0, 0.05) is 5.56 Å². The summed E-state index contributed by atoms with van der Waals surface area (Å²) < 4.78 is 13.9. The minimum Gasteiger partial charge on any atom is -0.309 e. The lowest BCUT2D eigenvalue weighted by atomic mass is 9.93. The molecule has 0 saturated heterocycles. The minimum absolute atomic E-state index is 0.0950. The molecule has 0 radical (unpaired) electrons. The number of aryl methyl sites for hydroxylation is 1. The van der Waals surface area contributed by atoms with Crippen LogP contribution in [0.1, 0.15) is 29.7 Å². The molecule has 0 saturated carbocycles. The Balaban J connectivity index is 2.49. The molecule has 0 aromatic heterocycles. The van der Waals surface area contributed by atoms with E-state index < -0.39 is 0 Å². The lowest BCUT2D eigenvalue weighted by molar-refractivity contribution is 0.574. The first-order valence-corrected chi connectivity index (χ1v) is 6.27. The lowest BCUT2D eigenvalue weighted by Crippen LogP contribution is -2.20. The highest BCUT2D eigenvalue weighted by Crippen LogP contribution is 2.26. The Bertz CT molecular complexity index is 522. The second-order valence-corrected chi connectivity index (χ2v) is 4.30. The zero-order valence-electron chi connectivity index (χ0n) is 10.8. The van der Waals surface area contributed by atoms with Crippen LogP contribution in [-0.2, 0) is 6.42 Å². The van der Waals surface area contributed by atoms with E-state index in [9.17, 15) is 4.39 Å². The van der Waals surface area contributed by atoms with Crippen LogP contribution in [0.25, 0.3) is 0 Å². The van der Waals surface area contributed by atoms with Crippen molar-refractivity contribution in [3.8, 4) is 0 Å². The maximum absolute atomic E-state index is 13.9. The fourth-order valence-electron chi connectivity index (χ4n) is 2.33. The van der Waals surface area contributed by atoms with Crippen molar-refractivity contribution in [3.63, 3.8) is 0 Å². The van der Waals surface area contributed by atoms with E-state index in [2.05, 4.69) is 24.4 Å². The van der Waals surface area contributed by atoms with Gasteiger partial charge in [-0.3, -0.25) is 0 Å². The summed E-state index contributed by atoms with van der Waals surface area (Å²) in [6.07, 6.45) is 0.947. The fraction of sp³-hybridized carbons (Fsp3) is 0.250. The Morgan fingerprint density at radius 1 is 1.00 bits per heavy atom. The first-order valence-electron chi connectivity index (χ1n) is 6.27. The molecule has 1 unspecified atom stereocenters. The highest BCUT2D eigenvalue weighted by molar-refractivity contribution is 5.37. The van der Waals surface area contributed by atoms with Crippen LogP contribution in [0.4, 0.5) is 4.39 Å². The van der Waals surface area contributed by atoms with Crippen molar-refractivity contribution in [1.82, 2.24) is 5.32 Å². The highest BCUT2D eigenvalue weighted by atomic mass is 19.1. The van der Waals surface area contributed by atoms with Gasteiger partial charge in [-0.15, -0.1) is 0 Å². The van der Waals surface area contributed by atoms with E-state index in [-0.39, 0.29) is 11.9 Å². The molecule has 0 aliphatic rings. The molecule has 0 aliphatic carbocycles. The summed E-state index contributed by atoms with van der Waals surface area (Å²) in [5.74, 6) is -0.164. The van der Waals surface area contributed by atoms with Crippen molar-refractivity contribution in [2.24, 2.45) is 0 Å². The van der Waals surface area contributed by atoms with E-state index in [0.717, 1.165) is 12.0 Å². The van der Waals surface area contributed by atoms with Crippen molar-refractivity contribution in [1.29, 1.82) is 0 Å².